The van der Waals surface area contributed by atoms with Crippen molar-refractivity contribution in [2.45, 2.75) is 24.9 Å². The van der Waals surface area contributed by atoms with Crippen LogP contribution in [0.3, 0.4) is 0 Å². The number of hydrogen-bond acceptors (Lipinski definition) is 3. The molecule has 0 amide bonds. The molecule has 2 rings (SSSR count). The highest BCUT2D eigenvalue weighted by Gasteiger charge is 2.44. The van der Waals surface area contributed by atoms with Gasteiger partial charge in [0, 0.05) is 19.0 Å². The van der Waals surface area contributed by atoms with Gasteiger partial charge < -0.3 is 14.8 Å². The number of carbonyl (C=O) groups excluding carboxylic acids is 1. The summed E-state index contributed by atoms with van der Waals surface area (Å²) in [4.78, 5) is 10.8. The van der Waals surface area contributed by atoms with Crippen molar-refractivity contribution in [1.82, 2.24) is 5.32 Å². The number of aldehydes is 1. The molecule has 1 spiro atoms. The normalized spacial score (nSPS) is 41.8. The van der Waals surface area contributed by atoms with E-state index >= 15 is 0 Å². The zero-order valence-corrected chi connectivity index (χ0v) is 7.21. The molecule has 2 aliphatic rings. The van der Waals surface area contributed by atoms with E-state index in [1.54, 1.807) is 0 Å². The molecular formula is C9H15NO2. The SMILES string of the molecule is O=CC1CCCC12CNCCO2. The summed E-state index contributed by atoms with van der Waals surface area (Å²) >= 11 is 0. The highest BCUT2D eigenvalue weighted by atomic mass is 16.5. The van der Waals surface area contributed by atoms with Crippen LogP contribution < -0.4 is 5.32 Å². The average Bonchev–Trinajstić information content (AvgIpc) is 2.49. The lowest BCUT2D eigenvalue weighted by Crippen LogP contribution is -2.52. The number of carbonyl (C=O) groups is 1. The smallest absolute Gasteiger partial charge is 0.126 e. The van der Waals surface area contributed by atoms with E-state index in [-0.39, 0.29) is 11.5 Å². The van der Waals surface area contributed by atoms with Gasteiger partial charge in [-0.05, 0) is 19.3 Å². The van der Waals surface area contributed by atoms with Crippen LogP contribution in [0.5, 0.6) is 0 Å². The van der Waals surface area contributed by atoms with E-state index in [0.717, 1.165) is 45.2 Å². The summed E-state index contributed by atoms with van der Waals surface area (Å²) in [7, 11) is 0. The molecule has 1 heterocycles. The Morgan fingerprint density at radius 2 is 2.50 bits per heavy atom. The second kappa shape index (κ2) is 3.15. The van der Waals surface area contributed by atoms with E-state index in [9.17, 15) is 4.79 Å². The number of morpholine rings is 1. The molecule has 1 aliphatic carbocycles. The third-order valence-corrected chi connectivity index (χ3v) is 3.05. The molecule has 0 aromatic carbocycles. The zero-order chi connectivity index (χ0) is 8.44. The monoisotopic (exact) mass is 169 g/mol. The summed E-state index contributed by atoms with van der Waals surface area (Å²) in [5.74, 6) is 0.130. The molecule has 2 atom stereocenters. The van der Waals surface area contributed by atoms with Crippen molar-refractivity contribution in [3.63, 3.8) is 0 Å². The summed E-state index contributed by atoms with van der Waals surface area (Å²) in [5.41, 5.74) is -0.139. The fourth-order valence-electron chi connectivity index (χ4n) is 2.34. The Kier molecular flexibility index (Phi) is 2.15. The van der Waals surface area contributed by atoms with Crippen LogP contribution in [-0.4, -0.2) is 31.6 Å². The Morgan fingerprint density at radius 1 is 1.58 bits per heavy atom. The van der Waals surface area contributed by atoms with Crippen LogP contribution >= 0.6 is 0 Å². The summed E-state index contributed by atoms with van der Waals surface area (Å²) in [6.45, 7) is 2.54. The summed E-state index contributed by atoms with van der Waals surface area (Å²) in [5, 5.41) is 3.30. The van der Waals surface area contributed by atoms with Crippen LogP contribution in [0, 0.1) is 5.92 Å². The van der Waals surface area contributed by atoms with Gasteiger partial charge in [-0.3, -0.25) is 0 Å². The highest BCUT2D eigenvalue weighted by Crippen LogP contribution is 2.38. The summed E-state index contributed by atoms with van der Waals surface area (Å²) < 4.78 is 5.74. The molecule has 3 heteroatoms. The lowest BCUT2D eigenvalue weighted by Gasteiger charge is -2.37. The quantitative estimate of drug-likeness (QED) is 0.575. The molecule has 0 bridgehead atoms. The molecule has 2 fully saturated rings. The highest BCUT2D eigenvalue weighted by molar-refractivity contribution is 5.56. The maximum atomic E-state index is 10.8. The van der Waals surface area contributed by atoms with Crippen molar-refractivity contribution in [3.05, 3.63) is 0 Å². The van der Waals surface area contributed by atoms with Crippen LogP contribution in [0.1, 0.15) is 19.3 Å². The maximum absolute atomic E-state index is 10.8. The van der Waals surface area contributed by atoms with E-state index < -0.39 is 0 Å². The van der Waals surface area contributed by atoms with E-state index in [1.165, 1.54) is 0 Å². The van der Waals surface area contributed by atoms with E-state index in [4.69, 9.17) is 4.74 Å². The van der Waals surface area contributed by atoms with Crippen LogP contribution in [-0.2, 0) is 9.53 Å². The van der Waals surface area contributed by atoms with Gasteiger partial charge in [-0.25, -0.2) is 0 Å². The first-order valence-corrected chi connectivity index (χ1v) is 4.67. The molecule has 1 aliphatic heterocycles. The minimum atomic E-state index is -0.139. The Hall–Kier alpha value is -0.410. The van der Waals surface area contributed by atoms with E-state index in [2.05, 4.69) is 5.32 Å². The van der Waals surface area contributed by atoms with Crippen molar-refractivity contribution in [2.75, 3.05) is 19.7 Å². The summed E-state index contributed by atoms with van der Waals surface area (Å²) in [6.07, 6.45) is 4.25. The molecule has 0 aromatic heterocycles. The van der Waals surface area contributed by atoms with Gasteiger partial charge in [0.25, 0.3) is 0 Å². The van der Waals surface area contributed by atoms with Gasteiger partial charge in [0.05, 0.1) is 12.2 Å². The van der Waals surface area contributed by atoms with Crippen molar-refractivity contribution >= 4 is 6.29 Å². The van der Waals surface area contributed by atoms with Gasteiger partial charge in [0.2, 0.25) is 0 Å². The third-order valence-electron chi connectivity index (χ3n) is 3.05. The Bertz CT molecular complexity index is 175. The van der Waals surface area contributed by atoms with Gasteiger partial charge >= 0.3 is 0 Å². The maximum Gasteiger partial charge on any atom is 0.126 e. The fourth-order valence-corrected chi connectivity index (χ4v) is 2.34. The first kappa shape index (κ1) is 8.20. The number of ether oxygens (including phenoxy) is 1. The molecule has 68 valence electrons. The van der Waals surface area contributed by atoms with Crippen molar-refractivity contribution in [2.24, 2.45) is 5.92 Å². The van der Waals surface area contributed by atoms with Crippen molar-refractivity contribution in [1.29, 1.82) is 0 Å². The minimum Gasteiger partial charge on any atom is -0.372 e. The molecule has 12 heavy (non-hydrogen) atoms. The molecule has 1 saturated carbocycles. The van der Waals surface area contributed by atoms with Gasteiger partial charge in [-0.15, -0.1) is 0 Å². The van der Waals surface area contributed by atoms with Gasteiger partial charge in [-0.1, -0.05) is 0 Å². The Balaban J connectivity index is 2.10. The topological polar surface area (TPSA) is 38.3 Å². The van der Waals surface area contributed by atoms with Crippen LogP contribution in [0.4, 0.5) is 0 Å². The Labute approximate surface area is 72.5 Å². The van der Waals surface area contributed by atoms with Crippen molar-refractivity contribution < 1.29 is 9.53 Å². The molecule has 0 aromatic rings. The largest absolute Gasteiger partial charge is 0.372 e. The van der Waals surface area contributed by atoms with Crippen LogP contribution in [0.15, 0.2) is 0 Å². The number of hydrogen-bond donors (Lipinski definition) is 1. The molecule has 0 radical (unpaired) electrons. The standard InChI is InChI=1S/C9H15NO2/c11-6-8-2-1-3-9(8)7-10-4-5-12-9/h6,8,10H,1-5,7H2. The third kappa shape index (κ3) is 1.17. The Morgan fingerprint density at radius 3 is 3.17 bits per heavy atom. The van der Waals surface area contributed by atoms with Gasteiger partial charge in [0.15, 0.2) is 0 Å². The van der Waals surface area contributed by atoms with Gasteiger partial charge in [0.1, 0.15) is 6.29 Å². The molecule has 2 unspecified atom stereocenters. The van der Waals surface area contributed by atoms with E-state index in [0.29, 0.717) is 0 Å². The van der Waals surface area contributed by atoms with Crippen LogP contribution in [0.25, 0.3) is 0 Å². The molecule has 3 nitrogen and oxygen atoms in total. The lowest BCUT2D eigenvalue weighted by atomic mass is 9.91. The molecule has 1 saturated heterocycles. The van der Waals surface area contributed by atoms with E-state index in [1.807, 2.05) is 0 Å². The lowest BCUT2D eigenvalue weighted by molar-refractivity contribution is -0.127. The summed E-state index contributed by atoms with van der Waals surface area (Å²) in [6, 6.07) is 0. The van der Waals surface area contributed by atoms with Gasteiger partial charge in [-0.2, -0.15) is 0 Å². The first-order chi connectivity index (χ1) is 5.87. The predicted molar refractivity (Wildman–Crippen MR) is 45.0 cm³/mol. The second-order valence-corrected chi connectivity index (χ2v) is 3.72. The second-order valence-electron chi connectivity index (χ2n) is 3.72. The predicted octanol–water partition coefficient (Wildman–Crippen LogP) is 0.344. The number of rotatable bonds is 1. The number of nitrogens with one attached hydrogen (secondary N) is 1. The molecular weight excluding hydrogens is 154 g/mol. The fraction of sp³-hybridized carbons (Fsp3) is 0.889. The minimum absolute atomic E-state index is 0.130. The first-order valence-electron chi connectivity index (χ1n) is 4.67. The zero-order valence-electron chi connectivity index (χ0n) is 7.21. The molecule has 1 N–H and O–H groups in total. The van der Waals surface area contributed by atoms with Crippen LogP contribution in [0.2, 0.25) is 0 Å². The van der Waals surface area contributed by atoms with Crippen molar-refractivity contribution in [3.8, 4) is 0 Å². The average molecular weight is 169 g/mol.